The first-order chi connectivity index (χ1) is 10.8. The Bertz CT molecular complexity index is 997. The maximum atomic E-state index is 11.5. The first kappa shape index (κ1) is 15.5. The molecule has 4 nitrogen and oxygen atoms in total. The molecule has 3 rings (SSSR count). The van der Waals surface area contributed by atoms with Crippen molar-refractivity contribution < 1.29 is 8.42 Å². The van der Waals surface area contributed by atoms with Crippen molar-refractivity contribution in [2.45, 2.75) is 18.7 Å². The molecule has 118 valence electrons. The average Bonchev–Trinajstić information content (AvgIpc) is 2.79. The predicted molar refractivity (Wildman–Crippen MR) is 94.0 cm³/mol. The van der Waals surface area contributed by atoms with Gasteiger partial charge in [0.25, 0.3) is 0 Å². The third-order valence-electron chi connectivity index (χ3n) is 3.77. The number of nitrogens with zero attached hydrogens (tertiary/aromatic N) is 1. The molecule has 0 spiro atoms. The summed E-state index contributed by atoms with van der Waals surface area (Å²) < 4.78 is 23.0. The number of aromatic nitrogens is 2. The highest BCUT2D eigenvalue weighted by molar-refractivity contribution is 7.90. The van der Waals surface area contributed by atoms with E-state index in [0.29, 0.717) is 4.90 Å². The summed E-state index contributed by atoms with van der Waals surface area (Å²) >= 11 is 0. The minimum Gasteiger partial charge on any atom is -0.357 e. The van der Waals surface area contributed by atoms with Crippen molar-refractivity contribution in [1.82, 2.24) is 9.97 Å². The molecular weight excluding hydrogens is 308 g/mol. The predicted octanol–water partition coefficient (Wildman–Crippen LogP) is 3.75. The van der Waals surface area contributed by atoms with Gasteiger partial charge in [0.1, 0.15) is 0 Å². The third kappa shape index (κ3) is 3.19. The molecule has 0 bridgehead atoms. The summed E-state index contributed by atoms with van der Waals surface area (Å²) in [5, 5.41) is 0. The van der Waals surface area contributed by atoms with Gasteiger partial charge in [0.05, 0.1) is 15.9 Å². The maximum absolute atomic E-state index is 11.5. The number of aromatic amines is 1. The zero-order valence-electron chi connectivity index (χ0n) is 13.3. The van der Waals surface area contributed by atoms with E-state index in [4.69, 9.17) is 0 Å². The molecule has 0 fully saturated rings. The fourth-order valence-corrected chi connectivity index (χ4v) is 3.15. The Kier molecular flexibility index (Phi) is 3.82. The molecule has 1 aromatic carbocycles. The Hall–Kier alpha value is -2.40. The standard InChI is InChI=1S/C18H18N2O2S/c1-12-4-11-17-18(19-12)16(13(2)20-17)10-7-14-5-8-15(9-6-14)23(3,21)22/h4-11,20H,1-3H3/b10-7+. The Morgan fingerprint density at radius 2 is 1.70 bits per heavy atom. The Labute approximate surface area is 135 Å². The molecule has 0 saturated heterocycles. The first-order valence-corrected chi connectivity index (χ1v) is 9.18. The van der Waals surface area contributed by atoms with E-state index in [2.05, 4.69) is 9.97 Å². The Balaban J connectivity index is 1.97. The van der Waals surface area contributed by atoms with Crippen LogP contribution < -0.4 is 0 Å². The highest BCUT2D eigenvalue weighted by atomic mass is 32.2. The van der Waals surface area contributed by atoms with E-state index in [1.165, 1.54) is 6.26 Å². The number of hydrogen-bond acceptors (Lipinski definition) is 3. The lowest BCUT2D eigenvalue weighted by atomic mass is 10.1. The summed E-state index contributed by atoms with van der Waals surface area (Å²) in [6.45, 7) is 3.99. The number of benzene rings is 1. The molecule has 2 heterocycles. The molecule has 2 aromatic heterocycles. The third-order valence-corrected chi connectivity index (χ3v) is 4.89. The summed E-state index contributed by atoms with van der Waals surface area (Å²) in [6.07, 6.45) is 5.18. The van der Waals surface area contributed by atoms with Gasteiger partial charge in [-0.1, -0.05) is 24.3 Å². The lowest BCUT2D eigenvalue weighted by Crippen LogP contribution is -1.95. The highest BCUT2D eigenvalue weighted by Crippen LogP contribution is 2.23. The summed E-state index contributed by atoms with van der Waals surface area (Å²) in [5.74, 6) is 0. The van der Waals surface area contributed by atoms with E-state index in [1.807, 2.05) is 38.1 Å². The second-order valence-electron chi connectivity index (χ2n) is 5.69. The van der Waals surface area contributed by atoms with Crippen molar-refractivity contribution in [2.75, 3.05) is 6.26 Å². The Morgan fingerprint density at radius 1 is 1.00 bits per heavy atom. The number of hydrogen-bond donors (Lipinski definition) is 1. The number of nitrogens with one attached hydrogen (secondary N) is 1. The van der Waals surface area contributed by atoms with Crippen LogP contribution in [0.4, 0.5) is 0 Å². The van der Waals surface area contributed by atoms with Crippen molar-refractivity contribution in [2.24, 2.45) is 0 Å². The Morgan fingerprint density at radius 3 is 2.35 bits per heavy atom. The maximum Gasteiger partial charge on any atom is 0.175 e. The van der Waals surface area contributed by atoms with E-state index in [-0.39, 0.29) is 0 Å². The lowest BCUT2D eigenvalue weighted by Gasteiger charge is -1.99. The summed E-state index contributed by atoms with van der Waals surface area (Å²) in [4.78, 5) is 8.25. The van der Waals surface area contributed by atoms with Crippen molar-refractivity contribution in [1.29, 1.82) is 0 Å². The van der Waals surface area contributed by atoms with Crippen molar-refractivity contribution in [3.63, 3.8) is 0 Å². The molecule has 0 atom stereocenters. The molecular formula is C18H18N2O2S. The van der Waals surface area contributed by atoms with Gasteiger partial charge >= 0.3 is 0 Å². The van der Waals surface area contributed by atoms with Crippen LogP contribution in [0.25, 0.3) is 23.2 Å². The van der Waals surface area contributed by atoms with Gasteiger partial charge in [0.2, 0.25) is 0 Å². The minimum atomic E-state index is -3.16. The fourth-order valence-electron chi connectivity index (χ4n) is 2.52. The number of aryl methyl sites for hydroxylation is 2. The van der Waals surface area contributed by atoms with Gasteiger partial charge in [-0.05, 0) is 43.7 Å². The molecule has 0 unspecified atom stereocenters. The molecule has 0 aliphatic rings. The second kappa shape index (κ2) is 5.66. The topological polar surface area (TPSA) is 62.8 Å². The van der Waals surface area contributed by atoms with Gasteiger partial charge < -0.3 is 4.98 Å². The largest absolute Gasteiger partial charge is 0.357 e. The summed E-state index contributed by atoms with van der Waals surface area (Å²) in [6, 6.07) is 10.9. The molecule has 3 aromatic rings. The first-order valence-electron chi connectivity index (χ1n) is 7.29. The van der Waals surface area contributed by atoms with Crippen LogP contribution in [-0.4, -0.2) is 24.6 Å². The molecule has 0 aliphatic carbocycles. The normalized spacial score (nSPS) is 12.3. The van der Waals surface area contributed by atoms with Gasteiger partial charge in [-0.3, -0.25) is 4.98 Å². The molecule has 0 amide bonds. The highest BCUT2D eigenvalue weighted by Gasteiger charge is 2.08. The van der Waals surface area contributed by atoms with Crippen LogP contribution in [0.2, 0.25) is 0 Å². The van der Waals surface area contributed by atoms with Gasteiger partial charge in [0.15, 0.2) is 9.84 Å². The number of rotatable bonds is 3. The quantitative estimate of drug-likeness (QED) is 0.797. The molecule has 1 N–H and O–H groups in total. The van der Waals surface area contributed by atoms with Crippen LogP contribution in [-0.2, 0) is 9.84 Å². The van der Waals surface area contributed by atoms with Crippen LogP contribution in [0.15, 0.2) is 41.3 Å². The van der Waals surface area contributed by atoms with Crippen molar-refractivity contribution in [3.05, 3.63) is 58.9 Å². The van der Waals surface area contributed by atoms with E-state index >= 15 is 0 Å². The van der Waals surface area contributed by atoms with Gasteiger partial charge in [-0.2, -0.15) is 0 Å². The molecule has 0 aliphatic heterocycles. The lowest BCUT2D eigenvalue weighted by molar-refractivity contribution is 0.602. The van der Waals surface area contributed by atoms with E-state index < -0.39 is 9.84 Å². The second-order valence-corrected chi connectivity index (χ2v) is 7.70. The van der Waals surface area contributed by atoms with Gasteiger partial charge in [-0.15, -0.1) is 0 Å². The summed E-state index contributed by atoms with van der Waals surface area (Å²) in [7, 11) is -3.16. The number of fused-ring (bicyclic) bond motifs is 1. The number of H-pyrrole nitrogens is 1. The van der Waals surface area contributed by atoms with Crippen LogP contribution >= 0.6 is 0 Å². The smallest absolute Gasteiger partial charge is 0.175 e. The van der Waals surface area contributed by atoms with Crippen molar-refractivity contribution >= 4 is 33.0 Å². The van der Waals surface area contributed by atoms with Crippen LogP contribution in [0.3, 0.4) is 0 Å². The number of pyridine rings is 1. The van der Waals surface area contributed by atoms with E-state index in [1.54, 1.807) is 24.3 Å². The van der Waals surface area contributed by atoms with Crippen LogP contribution in [0.5, 0.6) is 0 Å². The van der Waals surface area contributed by atoms with Crippen LogP contribution in [0, 0.1) is 13.8 Å². The minimum absolute atomic E-state index is 0.329. The molecule has 0 saturated carbocycles. The molecule has 0 radical (unpaired) electrons. The fraction of sp³-hybridized carbons (Fsp3) is 0.167. The van der Waals surface area contributed by atoms with Gasteiger partial charge in [0, 0.05) is 23.2 Å². The monoisotopic (exact) mass is 326 g/mol. The van der Waals surface area contributed by atoms with E-state index in [9.17, 15) is 8.42 Å². The molecule has 5 heteroatoms. The van der Waals surface area contributed by atoms with Crippen molar-refractivity contribution in [3.8, 4) is 0 Å². The average molecular weight is 326 g/mol. The zero-order valence-corrected chi connectivity index (χ0v) is 14.1. The SMILES string of the molecule is Cc1ccc2[nH]c(C)c(/C=C/c3ccc(S(C)(=O)=O)cc3)c2n1. The van der Waals surface area contributed by atoms with Crippen LogP contribution in [0.1, 0.15) is 22.5 Å². The number of sulfone groups is 1. The van der Waals surface area contributed by atoms with Gasteiger partial charge in [-0.25, -0.2) is 8.42 Å². The summed E-state index contributed by atoms with van der Waals surface area (Å²) in [5.41, 5.74) is 5.99. The molecule has 23 heavy (non-hydrogen) atoms. The zero-order chi connectivity index (χ0) is 16.6. The van der Waals surface area contributed by atoms with E-state index in [0.717, 1.165) is 33.5 Å².